The fraction of sp³-hybridized carbons (Fsp3) is 0.714. The molecule has 1 nitrogen and oxygen atoms in total. The summed E-state index contributed by atoms with van der Waals surface area (Å²) >= 11 is 0. The molecule has 0 radical (unpaired) electrons. The summed E-state index contributed by atoms with van der Waals surface area (Å²) in [5.41, 5.74) is 4.99. The molecule has 5 unspecified atom stereocenters. The van der Waals surface area contributed by atoms with Gasteiger partial charge in [-0.15, -0.1) is 0 Å². The average molecular weight is 395 g/mol. The SMILES string of the molecule is C/C=C/COC1CCC2CC(c3ccc4c(c3)CCC(CCCC)C4)CCC2C1. The first-order valence-electron chi connectivity index (χ1n) is 12.6. The van der Waals surface area contributed by atoms with E-state index in [1.165, 1.54) is 77.0 Å². The van der Waals surface area contributed by atoms with Crippen LogP contribution in [0.2, 0.25) is 0 Å². The van der Waals surface area contributed by atoms with Crippen molar-refractivity contribution in [3.05, 3.63) is 47.0 Å². The van der Waals surface area contributed by atoms with Crippen molar-refractivity contribution in [3.8, 4) is 0 Å². The predicted octanol–water partition coefficient (Wildman–Crippen LogP) is 7.63. The Hall–Kier alpha value is -1.08. The van der Waals surface area contributed by atoms with Crippen molar-refractivity contribution in [3.63, 3.8) is 0 Å². The molecule has 2 saturated carbocycles. The van der Waals surface area contributed by atoms with Crippen molar-refractivity contribution < 1.29 is 4.74 Å². The van der Waals surface area contributed by atoms with E-state index in [1.54, 1.807) is 16.7 Å². The van der Waals surface area contributed by atoms with E-state index in [4.69, 9.17) is 4.74 Å². The van der Waals surface area contributed by atoms with E-state index in [0.717, 1.165) is 30.3 Å². The molecule has 2 fully saturated rings. The van der Waals surface area contributed by atoms with E-state index in [9.17, 15) is 0 Å². The Morgan fingerprint density at radius 1 is 1.00 bits per heavy atom. The monoisotopic (exact) mass is 394 g/mol. The highest BCUT2D eigenvalue weighted by Crippen LogP contribution is 2.47. The standard InChI is InChI=1S/C28H42O/c1-3-5-7-21-8-9-23-18-24(11-10-22(23)17-21)25-12-13-27-20-28(29-16-6-4-2)15-14-26(27)19-25/h4,6,10-11,18,21,25-28H,3,5,7-9,12-17,19-20H2,1-2H3/b6-4+. The molecule has 0 amide bonds. The Balaban J connectivity index is 1.32. The summed E-state index contributed by atoms with van der Waals surface area (Å²) in [5, 5.41) is 0. The van der Waals surface area contributed by atoms with Crippen molar-refractivity contribution in [2.45, 2.75) is 103 Å². The fourth-order valence-corrected chi connectivity index (χ4v) is 6.43. The number of benzene rings is 1. The zero-order valence-corrected chi connectivity index (χ0v) is 18.9. The molecule has 0 heterocycles. The van der Waals surface area contributed by atoms with Crippen molar-refractivity contribution in [2.75, 3.05) is 6.61 Å². The van der Waals surface area contributed by atoms with E-state index < -0.39 is 0 Å². The highest BCUT2D eigenvalue weighted by Gasteiger charge is 2.36. The molecular weight excluding hydrogens is 352 g/mol. The second kappa shape index (κ2) is 10.3. The molecule has 4 rings (SSSR count). The fourth-order valence-electron chi connectivity index (χ4n) is 6.43. The minimum atomic E-state index is 0.508. The molecule has 3 aliphatic carbocycles. The summed E-state index contributed by atoms with van der Waals surface area (Å²) in [5.74, 6) is 3.59. The summed E-state index contributed by atoms with van der Waals surface area (Å²) < 4.78 is 6.09. The zero-order chi connectivity index (χ0) is 20.1. The molecule has 3 aliphatic rings. The lowest BCUT2D eigenvalue weighted by Gasteiger charge is -2.42. The molecular formula is C28H42O. The summed E-state index contributed by atoms with van der Waals surface area (Å²) in [6.45, 7) is 5.20. The first kappa shape index (κ1) is 21.2. The van der Waals surface area contributed by atoms with Gasteiger partial charge in [-0.2, -0.15) is 0 Å². The molecule has 5 atom stereocenters. The minimum absolute atomic E-state index is 0.508. The lowest BCUT2D eigenvalue weighted by Crippen LogP contribution is -2.33. The number of rotatable bonds is 7. The molecule has 1 aromatic rings. The maximum Gasteiger partial charge on any atom is 0.0651 e. The number of ether oxygens (including phenoxy) is 1. The highest BCUT2D eigenvalue weighted by molar-refractivity contribution is 5.36. The van der Waals surface area contributed by atoms with Crippen molar-refractivity contribution in [1.82, 2.24) is 0 Å². The lowest BCUT2D eigenvalue weighted by molar-refractivity contribution is -0.00320. The van der Waals surface area contributed by atoms with Crippen LogP contribution in [0.15, 0.2) is 30.4 Å². The van der Waals surface area contributed by atoms with E-state index in [-0.39, 0.29) is 0 Å². The summed E-state index contributed by atoms with van der Waals surface area (Å²) in [6, 6.07) is 7.61. The summed E-state index contributed by atoms with van der Waals surface area (Å²) in [6.07, 6.45) is 21.2. The van der Waals surface area contributed by atoms with Gasteiger partial charge in [-0.3, -0.25) is 0 Å². The summed E-state index contributed by atoms with van der Waals surface area (Å²) in [7, 11) is 0. The van der Waals surface area contributed by atoms with Crippen LogP contribution in [0.3, 0.4) is 0 Å². The van der Waals surface area contributed by atoms with Gasteiger partial charge in [0.1, 0.15) is 0 Å². The molecule has 0 N–H and O–H groups in total. The third-order valence-electron chi connectivity index (χ3n) is 8.23. The van der Waals surface area contributed by atoms with Crippen LogP contribution < -0.4 is 0 Å². The van der Waals surface area contributed by atoms with Crippen LogP contribution in [0.4, 0.5) is 0 Å². The summed E-state index contributed by atoms with van der Waals surface area (Å²) in [4.78, 5) is 0. The van der Waals surface area contributed by atoms with E-state index in [1.807, 2.05) is 0 Å². The maximum absolute atomic E-state index is 6.09. The molecule has 0 spiro atoms. The van der Waals surface area contributed by atoms with Gasteiger partial charge in [-0.25, -0.2) is 0 Å². The predicted molar refractivity (Wildman–Crippen MR) is 123 cm³/mol. The third-order valence-corrected chi connectivity index (χ3v) is 8.23. The largest absolute Gasteiger partial charge is 0.374 e. The number of hydrogen-bond acceptors (Lipinski definition) is 1. The van der Waals surface area contributed by atoms with Gasteiger partial charge in [0.05, 0.1) is 12.7 Å². The van der Waals surface area contributed by atoms with E-state index in [0.29, 0.717) is 6.10 Å². The zero-order valence-electron chi connectivity index (χ0n) is 18.9. The molecule has 0 aliphatic heterocycles. The van der Waals surface area contributed by atoms with Gasteiger partial charge in [0.25, 0.3) is 0 Å². The molecule has 29 heavy (non-hydrogen) atoms. The van der Waals surface area contributed by atoms with Gasteiger partial charge in [-0.1, -0.05) is 56.5 Å². The second-order valence-corrected chi connectivity index (χ2v) is 10.1. The topological polar surface area (TPSA) is 9.23 Å². The Labute approximate surface area is 179 Å². The Morgan fingerprint density at radius 3 is 2.72 bits per heavy atom. The first-order chi connectivity index (χ1) is 14.3. The molecule has 1 aromatic carbocycles. The Kier molecular flexibility index (Phi) is 7.51. The number of hydrogen-bond donors (Lipinski definition) is 0. The molecule has 0 aromatic heterocycles. The van der Waals surface area contributed by atoms with Gasteiger partial charge in [0.2, 0.25) is 0 Å². The Bertz CT molecular complexity index is 675. The lowest BCUT2D eigenvalue weighted by atomic mass is 9.65. The van der Waals surface area contributed by atoms with Gasteiger partial charge in [0.15, 0.2) is 0 Å². The first-order valence-corrected chi connectivity index (χ1v) is 12.6. The number of unbranched alkanes of at least 4 members (excludes halogenated alkanes) is 1. The van der Waals surface area contributed by atoms with Crippen LogP contribution in [-0.4, -0.2) is 12.7 Å². The van der Waals surface area contributed by atoms with Crippen molar-refractivity contribution in [2.24, 2.45) is 17.8 Å². The molecule has 0 saturated heterocycles. The van der Waals surface area contributed by atoms with Crippen molar-refractivity contribution >= 4 is 0 Å². The van der Waals surface area contributed by atoms with Crippen LogP contribution >= 0.6 is 0 Å². The van der Waals surface area contributed by atoms with Gasteiger partial charge in [0, 0.05) is 0 Å². The van der Waals surface area contributed by atoms with Crippen LogP contribution in [0.5, 0.6) is 0 Å². The van der Waals surface area contributed by atoms with Gasteiger partial charge < -0.3 is 4.74 Å². The quantitative estimate of drug-likeness (QED) is 0.432. The van der Waals surface area contributed by atoms with Gasteiger partial charge >= 0.3 is 0 Å². The van der Waals surface area contributed by atoms with E-state index in [2.05, 4.69) is 44.2 Å². The van der Waals surface area contributed by atoms with Crippen LogP contribution in [0.25, 0.3) is 0 Å². The van der Waals surface area contributed by atoms with E-state index >= 15 is 0 Å². The van der Waals surface area contributed by atoms with Gasteiger partial charge in [-0.05, 0) is 105 Å². The highest BCUT2D eigenvalue weighted by atomic mass is 16.5. The van der Waals surface area contributed by atoms with Crippen LogP contribution in [-0.2, 0) is 17.6 Å². The number of fused-ring (bicyclic) bond motifs is 2. The third kappa shape index (κ3) is 5.35. The molecule has 0 bridgehead atoms. The normalized spacial score (nSPS) is 32.1. The Morgan fingerprint density at radius 2 is 1.86 bits per heavy atom. The van der Waals surface area contributed by atoms with Crippen molar-refractivity contribution in [1.29, 1.82) is 0 Å². The second-order valence-electron chi connectivity index (χ2n) is 10.1. The van der Waals surface area contributed by atoms with Crippen LogP contribution in [0, 0.1) is 17.8 Å². The molecule has 160 valence electrons. The average Bonchev–Trinajstić information content (AvgIpc) is 2.77. The maximum atomic E-state index is 6.09. The number of aryl methyl sites for hydroxylation is 1. The minimum Gasteiger partial charge on any atom is -0.374 e. The number of allylic oxidation sites excluding steroid dienone is 1. The van der Waals surface area contributed by atoms with Crippen LogP contribution in [0.1, 0.15) is 101 Å². The molecule has 1 heteroatoms. The smallest absolute Gasteiger partial charge is 0.0651 e.